The van der Waals surface area contributed by atoms with E-state index >= 15 is 0 Å². The summed E-state index contributed by atoms with van der Waals surface area (Å²) >= 11 is 0. The van der Waals surface area contributed by atoms with Crippen molar-refractivity contribution in [3.63, 3.8) is 0 Å². The molecule has 0 saturated carbocycles. The van der Waals surface area contributed by atoms with Gasteiger partial charge in [0.1, 0.15) is 0 Å². The van der Waals surface area contributed by atoms with Crippen LogP contribution in [0.3, 0.4) is 0 Å². The average molecular weight is 282 g/mol. The van der Waals surface area contributed by atoms with Gasteiger partial charge in [0.15, 0.2) is 0 Å². The second-order valence-electron chi connectivity index (χ2n) is 6.57. The number of nitrogens with zero attached hydrogens (tertiary/aromatic N) is 3. The third-order valence-electron chi connectivity index (χ3n) is 4.73. The number of amides is 1. The van der Waals surface area contributed by atoms with Crippen molar-refractivity contribution in [2.45, 2.75) is 32.2 Å². The summed E-state index contributed by atoms with van der Waals surface area (Å²) in [4.78, 5) is 19.4. The van der Waals surface area contributed by atoms with Crippen molar-refractivity contribution in [3.05, 3.63) is 0 Å². The van der Waals surface area contributed by atoms with Gasteiger partial charge in [0.05, 0.1) is 5.54 Å². The van der Waals surface area contributed by atoms with Crippen molar-refractivity contribution >= 4 is 5.91 Å². The highest BCUT2D eigenvalue weighted by atomic mass is 16.2. The Morgan fingerprint density at radius 3 is 2.35 bits per heavy atom. The molecule has 0 atom stereocenters. The standard InChI is InChI=1S/C15H30N4O/c1-15(2,19-10-6-16-7-11-19)14(20)17(3)12-13-18-8-4-5-9-18/h16H,4-13H2,1-3H3. The maximum Gasteiger partial charge on any atom is 0.242 e. The van der Waals surface area contributed by atoms with Gasteiger partial charge in [0.2, 0.25) is 5.91 Å². The first-order chi connectivity index (χ1) is 9.51. The molecule has 2 rings (SSSR count). The Kier molecular flexibility index (Phi) is 5.41. The molecule has 2 aliphatic rings. The van der Waals surface area contributed by atoms with Gasteiger partial charge in [0, 0.05) is 46.3 Å². The van der Waals surface area contributed by atoms with Crippen molar-refractivity contribution < 1.29 is 4.79 Å². The smallest absolute Gasteiger partial charge is 0.242 e. The van der Waals surface area contributed by atoms with Crippen molar-refractivity contribution in [3.8, 4) is 0 Å². The topological polar surface area (TPSA) is 38.8 Å². The first-order valence-electron chi connectivity index (χ1n) is 7.95. The van der Waals surface area contributed by atoms with E-state index in [4.69, 9.17) is 0 Å². The molecule has 0 unspecified atom stereocenters. The van der Waals surface area contributed by atoms with E-state index in [1.165, 1.54) is 25.9 Å². The first kappa shape index (κ1) is 15.7. The van der Waals surface area contributed by atoms with Crippen LogP contribution >= 0.6 is 0 Å². The lowest BCUT2D eigenvalue weighted by Gasteiger charge is -2.41. The summed E-state index contributed by atoms with van der Waals surface area (Å²) in [5, 5.41) is 3.34. The summed E-state index contributed by atoms with van der Waals surface area (Å²) < 4.78 is 0. The third-order valence-corrected chi connectivity index (χ3v) is 4.73. The molecule has 2 heterocycles. The van der Waals surface area contributed by atoms with Gasteiger partial charge in [-0.05, 0) is 39.8 Å². The van der Waals surface area contributed by atoms with E-state index in [9.17, 15) is 4.79 Å². The first-order valence-corrected chi connectivity index (χ1v) is 7.95. The van der Waals surface area contributed by atoms with E-state index in [1.807, 2.05) is 11.9 Å². The van der Waals surface area contributed by atoms with E-state index in [0.29, 0.717) is 0 Å². The van der Waals surface area contributed by atoms with Gasteiger partial charge in [0.25, 0.3) is 0 Å². The molecule has 0 aromatic rings. The zero-order chi connectivity index (χ0) is 14.6. The minimum Gasteiger partial charge on any atom is -0.343 e. The lowest BCUT2D eigenvalue weighted by atomic mass is 9.99. The number of piperazine rings is 1. The molecule has 2 saturated heterocycles. The van der Waals surface area contributed by atoms with Gasteiger partial charge in [-0.1, -0.05) is 0 Å². The van der Waals surface area contributed by atoms with Crippen LogP contribution in [0, 0.1) is 0 Å². The number of nitrogens with one attached hydrogen (secondary N) is 1. The second-order valence-corrected chi connectivity index (χ2v) is 6.57. The normalized spacial score (nSPS) is 22.1. The largest absolute Gasteiger partial charge is 0.343 e. The van der Waals surface area contributed by atoms with Gasteiger partial charge >= 0.3 is 0 Å². The Labute approximate surface area is 123 Å². The number of carbonyl (C=O) groups excluding carboxylic acids is 1. The highest BCUT2D eigenvalue weighted by Gasteiger charge is 2.37. The van der Waals surface area contributed by atoms with Crippen LogP contribution in [0.25, 0.3) is 0 Å². The highest BCUT2D eigenvalue weighted by molar-refractivity contribution is 5.85. The fourth-order valence-electron chi connectivity index (χ4n) is 3.23. The molecular formula is C15H30N4O. The summed E-state index contributed by atoms with van der Waals surface area (Å²) in [6.07, 6.45) is 2.62. The van der Waals surface area contributed by atoms with E-state index in [-0.39, 0.29) is 11.4 Å². The van der Waals surface area contributed by atoms with Crippen LogP contribution in [0.4, 0.5) is 0 Å². The number of likely N-dealkylation sites (tertiary alicyclic amines) is 1. The van der Waals surface area contributed by atoms with Gasteiger partial charge in [-0.3, -0.25) is 9.69 Å². The van der Waals surface area contributed by atoms with Gasteiger partial charge in [-0.2, -0.15) is 0 Å². The maximum atomic E-state index is 12.7. The van der Waals surface area contributed by atoms with Crippen LogP contribution in [-0.4, -0.2) is 85.6 Å². The van der Waals surface area contributed by atoms with Crippen molar-refractivity contribution in [1.29, 1.82) is 0 Å². The van der Waals surface area contributed by atoms with Crippen LogP contribution in [0.2, 0.25) is 0 Å². The molecule has 0 aliphatic carbocycles. The SMILES string of the molecule is CN(CCN1CCCC1)C(=O)C(C)(C)N1CCNCC1. The zero-order valence-corrected chi connectivity index (χ0v) is 13.3. The van der Waals surface area contributed by atoms with Crippen molar-refractivity contribution in [2.75, 3.05) is 59.4 Å². The van der Waals surface area contributed by atoms with Crippen molar-refractivity contribution in [1.82, 2.24) is 20.0 Å². The average Bonchev–Trinajstić information content (AvgIpc) is 2.98. The lowest BCUT2D eigenvalue weighted by Crippen LogP contribution is -2.60. The molecule has 20 heavy (non-hydrogen) atoms. The van der Waals surface area contributed by atoms with Crippen LogP contribution < -0.4 is 5.32 Å². The molecule has 2 fully saturated rings. The minimum atomic E-state index is -0.387. The number of carbonyl (C=O) groups is 1. The molecule has 1 N–H and O–H groups in total. The van der Waals surface area contributed by atoms with Crippen LogP contribution in [0.1, 0.15) is 26.7 Å². The summed E-state index contributed by atoms with van der Waals surface area (Å²) in [5.41, 5.74) is -0.387. The number of hydrogen-bond acceptors (Lipinski definition) is 4. The molecule has 5 nitrogen and oxygen atoms in total. The summed E-state index contributed by atoms with van der Waals surface area (Å²) in [6, 6.07) is 0. The predicted molar refractivity (Wildman–Crippen MR) is 81.8 cm³/mol. The Morgan fingerprint density at radius 2 is 1.75 bits per heavy atom. The Hall–Kier alpha value is -0.650. The summed E-state index contributed by atoms with van der Waals surface area (Å²) in [7, 11) is 1.95. The number of likely N-dealkylation sites (N-methyl/N-ethyl adjacent to an activating group) is 1. The summed E-state index contributed by atoms with van der Waals surface area (Å²) in [6.45, 7) is 12.3. The molecule has 1 amide bonds. The van der Waals surface area contributed by atoms with E-state index in [2.05, 4.69) is 29.0 Å². The Bertz CT molecular complexity index is 320. The van der Waals surface area contributed by atoms with Crippen LogP contribution in [0.5, 0.6) is 0 Å². The highest BCUT2D eigenvalue weighted by Crippen LogP contribution is 2.18. The van der Waals surface area contributed by atoms with E-state index < -0.39 is 0 Å². The Morgan fingerprint density at radius 1 is 1.15 bits per heavy atom. The fraction of sp³-hybridized carbons (Fsp3) is 0.933. The van der Waals surface area contributed by atoms with Gasteiger partial charge in [-0.15, -0.1) is 0 Å². The Balaban J connectivity index is 1.83. The third kappa shape index (κ3) is 3.71. The monoisotopic (exact) mass is 282 g/mol. The quantitative estimate of drug-likeness (QED) is 0.783. The molecule has 0 radical (unpaired) electrons. The molecule has 2 aliphatic heterocycles. The summed E-state index contributed by atoms with van der Waals surface area (Å²) in [5.74, 6) is 0.249. The molecule has 0 aromatic heterocycles. The molecule has 0 spiro atoms. The molecule has 0 aromatic carbocycles. The van der Waals surface area contributed by atoms with Gasteiger partial charge < -0.3 is 15.1 Å². The lowest BCUT2D eigenvalue weighted by molar-refractivity contribution is -0.142. The van der Waals surface area contributed by atoms with Crippen LogP contribution in [-0.2, 0) is 4.79 Å². The molecule has 0 bridgehead atoms. The van der Waals surface area contributed by atoms with Crippen molar-refractivity contribution in [2.24, 2.45) is 0 Å². The zero-order valence-electron chi connectivity index (χ0n) is 13.3. The van der Waals surface area contributed by atoms with Crippen LogP contribution in [0.15, 0.2) is 0 Å². The van der Waals surface area contributed by atoms with E-state index in [0.717, 1.165) is 39.3 Å². The fourth-order valence-corrected chi connectivity index (χ4v) is 3.23. The maximum absolute atomic E-state index is 12.7. The molecular weight excluding hydrogens is 252 g/mol. The van der Waals surface area contributed by atoms with Gasteiger partial charge in [-0.25, -0.2) is 0 Å². The molecule has 5 heteroatoms. The molecule has 116 valence electrons. The minimum absolute atomic E-state index is 0.249. The number of rotatable bonds is 5. The number of hydrogen-bond donors (Lipinski definition) is 1. The van der Waals surface area contributed by atoms with E-state index in [1.54, 1.807) is 0 Å². The predicted octanol–water partition coefficient (Wildman–Crippen LogP) is 0.224. The second kappa shape index (κ2) is 6.87.